The van der Waals surface area contributed by atoms with Gasteiger partial charge in [0.1, 0.15) is 0 Å². The monoisotopic (exact) mass is 307 g/mol. The van der Waals surface area contributed by atoms with Gasteiger partial charge in [-0.3, -0.25) is 0 Å². The van der Waals surface area contributed by atoms with Crippen LogP contribution in [0.5, 0.6) is 0 Å². The predicted octanol–water partition coefficient (Wildman–Crippen LogP) is 4.43. The maximum atomic E-state index is 12.5. The van der Waals surface area contributed by atoms with Crippen molar-refractivity contribution in [3.63, 3.8) is 0 Å². The molecule has 2 aromatic rings. The number of nitrogens with two attached hydrogens (primary N) is 1. The molecule has 0 bridgehead atoms. The summed E-state index contributed by atoms with van der Waals surface area (Å²) >= 11 is 1.32. The summed E-state index contributed by atoms with van der Waals surface area (Å²) in [4.78, 5) is 0.602. The van der Waals surface area contributed by atoms with E-state index in [4.69, 9.17) is 5.73 Å². The Morgan fingerprint density at radius 1 is 1.05 bits per heavy atom. The quantitative estimate of drug-likeness (QED) is 0.504. The molecule has 0 atom stereocenters. The summed E-state index contributed by atoms with van der Waals surface area (Å²) < 4.78 is 37.5. The highest BCUT2D eigenvalue weighted by atomic mass is 32.2. The summed E-state index contributed by atoms with van der Waals surface area (Å²) in [6.45, 7) is 0. The number of benzene rings is 2. The molecule has 0 fully saturated rings. The Hall–Kier alpha value is -2.06. The Morgan fingerprint density at radius 2 is 1.76 bits per heavy atom. The zero-order chi connectivity index (χ0) is 15.3. The molecule has 0 unspecified atom stereocenters. The summed E-state index contributed by atoms with van der Waals surface area (Å²) in [7, 11) is 0. The molecule has 2 aromatic carbocycles. The van der Waals surface area contributed by atoms with Gasteiger partial charge >= 0.3 is 6.18 Å². The fourth-order valence-corrected chi connectivity index (χ4v) is 2.32. The maximum absolute atomic E-state index is 12.5. The van der Waals surface area contributed by atoms with Crippen LogP contribution in [0.1, 0.15) is 11.1 Å². The largest absolute Gasteiger partial charge is 0.416 e. The number of hydrogen-bond donors (Lipinski definition) is 1. The molecule has 0 aliphatic carbocycles. The van der Waals surface area contributed by atoms with Crippen LogP contribution in [0, 0.1) is 11.8 Å². The van der Waals surface area contributed by atoms with Crippen molar-refractivity contribution in [2.24, 2.45) is 0 Å². The molecule has 0 heterocycles. The van der Waals surface area contributed by atoms with Gasteiger partial charge in [-0.1, -0.05) is 30.0 Å². The van der Waals surface area contributed by atoms with Crippen molar-refractivity contribution in [2.45, 2.75) is 11.1 Å². The average molecular weight is 307 g/mol. The molecule has 1 nitrogen and oxygen atoms in total. The van der Waals surface area contributed by atoms with E-state index >= 15 is 0 Å². The first-order valence-corrected chi connectivity index (χ1v) is 7.09. The first-order valence-electron chi connectivity index (χ1n) is 6.10. The van der Waals surface area contributed by atoms with Crippen LogP contribution in [0.3, 0.4) is 0 Å². The minimum Gasteiger partial charge on any atom is -0.398 e. The van der Waals surface area contributed by atoms with E-state index < -0.39 is 11.7 Å². The molecule has 0 amide bonds. The van der Waals surface area contributed by atoms with Crippen LogP contribution in [-0.2, 0) is 6.18 Å². The molecule has 2 N–H and O–H groups in total. The molecule has 0 aromatic heterocycles. The average Bonchev–Trinajstić information content (AvgIpc) is 2.45. The highest BCUT2D eigenvalue weighted by molar-refractivity contribution is 7.99. The molecule has 5 heteroatoms. The number of thioether (sulfide) groups is 1. The summed E-state index contributed by atoms with van der Waals surface area (Å²) in [5.41, 5.74) is 5.93. The number of rotatable bonds is 2. The van der Waals surface area contributed by atoms with E-state index in [2.05, 4.69) is 11.8 Å². The van der Waals surface area contributed by atoms with Gasteiger partial charge in [0.2, 0.25) is 0 Å². The molecular weight excluding hydrogens is 295 g/mol. The van der Waals surface area contributed by atoms with Crippen LogP contribution < -0.4 is 5.73 Å². The molecule has 0 aliphatic heterocycles. The number of anilines is 1. The molecule has 0 aliphatic rings. The lowest BCUT2D eigenvalue weighted by molar-refractivity contribution is -0.137. The molecule has 0 saturated carbocycles. The zero-order valence-electron chi connectivity index (χ0n) is 10.9. The minimum absolute atomic E-state index is 0.122. The number of halogens is 3. The smallest absolute Gasteiger partial charge is 0.398 e. The first kappa shape index (κ1) is 15.3. The fraction of sp³-hybridized carbons (Fsp3) is 0.125. The molecule has 0 spiro atoms. The van der Waals surface area contributed by atoms with Gasteiger partial charge in [0.25, 0.3) is 0 Å². The van der Waals surface area contributed by atoms with Crippen LogP contribution in [0.4, 0.5) is 18.9 Å². The van der Waals surface area contributed by atoms with Gasteiger partial charge in [-0.05, 0) is 30.3 Å². The Kier molecular flexibility index (Phi) is 4.81. The highest BCUT2D eigenvalue weighted by Gasteiger charge is 2.30. The van der Waals surface area contributed by atoms with Crippen LogP contribution in [0.2, 0.25) is 0 Å². The van der Waals surface area contributed by atoms with Gasteiger partial charge in [-0.25, -0.2) is 0 Å². The second kappa shape index (κ2) is 6.59. The molecular formula is C16H12F3NS. The highest BCUT2D eigenvalue weighted by Crippen LogP contribution is 2.34. The van der Waals surface area contributed by atoms with Gasteiger partial charge in [0, 0.05) is 16.1 Å². The van der Waals surface area contributed by atoms with Crippen molar-refractivity contribution >= 4 is 17.4 Å². The molecule has 0 radical (unpaired) electrons. The standard InChI is InChI=1S/C16H12F3NS/c17-16(18,19)13-8-9-15(14(20)11-13)21-10-4-7-12-5-2-1-3-6-12/h1-3,5-6,8-9,11H,10,20H2. The Bertz CT molecular complexity index is 669. The van der Waals surface area contributed by atoms with E-state index in [0.29, 0.717) is 10.6 Å². The van der Waals surface area contributed by atoms with Gasteiger partial charge in [-0.15, -0.1) is 11.8 Å². The number of nitrogen functional groups attached to an aromatic ring is 1. The third-order valence-electron chi connectivity index (χ3n) is 2.64. The van der Waals surface area contributed by atoms with Crippen molar-refractivity contribution in [1.29, 1.82) is 0 Å². The van der Waals surface area contributed by atoms with E-state index in [-0.39, 0.29) is 5.69 Å². The van der Waals surface area contributed by atoms with Crippen molar-refractivity contribution in [3.05, 3.63) is 59.7 Å². The summed E-state index contributed by atoms with van der Waals surface area (Å²) in [6, 6.07) is 12.8. The van der Waals surface area contributed by atoms with E-state index in [1.54, 1.807) is 0 Å². The number of hydrogen-bond acceptors (Lipinski definition) is 2. The summed E-state index contributed by atoms with van der Waals surface area (Å²) in [5.74, 6) is 6.40. The summed E-state index contributed by atoms with van der Waals surface area (Å²) in [6.07, 6.45) is -4.37. The third-order valence-corrected chi connectivity index (χ3v) is 3.61. The number of alkyl halides is 3. The van der Waals surface area contributed by atoms with Gasteiger partial charge in [0.15, 0.2) is 0 Å². The second-order valence-corrected chi connectivity index (χ2v) is 5.22. The minimum atomic E-state index is -4.37. The Labute approximate surface area is 125 Å². The lowest BCUT2D eigenvalue weighted by Crippen LogP contribution is -2.05. The lowest BCUT2D eigenvalue weighted by Gasteiger charge is -2.09. The topological polar surface area (TPSA) is 26.0 Å². The van der Waals surface area contributed by atoms with Crippen molar-refractivity contribution in [1.82, 2.24) is 0 Å². The van der Waals surface area contributed by atoms with Gasteiger partial charge in [0.05, 0.1) is 11.3 Å². The summed E-state index contributed by atoms with van der Waals surface area (Å²) in [5, 5.41) is 0. The Balaban J connectivity index is 2.00. The predicted molar refractivity (Wildman–Crippen MR) is 79.9 cm³/mol. The van der Waals surface area contributed by atoms with Crippen LogP contribution in [-0.4, -0.2) is 5.75 Å². The zero-order valence-corrected chi connectivity index (χ0v) is 11.8. The maximum Gasteiger partial charge on any atom is 0.416 e. The van der Waals surface area contributed by atoms with Crippen LogP contribution in [0.25, 0.3) is 0 Å². The SMILES string of the molecule is Nc1cc(C(F)(F)F)ccc1SCC#Cc1ccccc1. The van der Waals surface area contributed by atoms with Gasteiger partial charge in [-0.2, -0.15) is 13.2 Å². The van der Waals surface area contributed by atoms with E-state index in [0.717, 1.165) is 17.7 Å². The van der Waals surface area contributed by atoms with Crippen LogP contribution >= 0.6 is 11.8 Å². The third kappa shape index (κ3) is 4.47. The van der Waals surface area contributed by atoms with Crippen LogP contribution in [0.15, 0.2) is 53.4 Å². The second-order valence-electron chi connectivity index (χ2n) is 4.21. The molecule has 108 valence electrons. The van der Waals surface area contributed by atoms with Crippen molar-refractivity contribution in [2.75, 3.05) is 11.5 Å². The Morgan fingerprint density at radius 3 is 2.38 bits per heavy atom. The van der Waals surface area contributed by atoms with Gasteiger partial charge < -0.3 is 5.73 Å². The first-order chi connectivity index (χ1) is 9.97. The lowest BCUT2D eigenvalue weighted by atomic mass is 10.2. The molecule has 21 heavy (non-hydrogen) atoms. The van der Waals surface area contributed by atoms with E-state index in [1.807, 2.05) is 30.3 Å². The van der Waals surface area contributed by atoms with E-state index in [1.165, 1.54) is 17.8 Å². The fourth-order valence-electron chi connectivity index (χ4n) is 1.63. The van der Waals surface area contributed by atoms with E-state index in [9.17, 15) is 13.2 Å². The van der Waals surface area contributed by atoms with Crippen molar-refractivity contribution in [3.8, 4) is 11.8 Å². The van der Waals surface area contributed by atoms with Crippen molar-refractivity contribution < 1.29 is 13.2 Å². The molecule has 0 saturated heterocycles. The molecule has 2 rings (SSSR count). The normalized spacial score (nSPS) is 10.8.